The maximum Gasteiger partial charge on any atom is 0.416 e. The van der Waals surface area contributed by atoms with E-state index in [1.807, 2.05) is 0 Å². The Balaban J connectivity index is 2.28. The largest absolute Gasteiger partial charge is 0.448 e. The van der Waals surface area contributed by atoms with Gasteiger partial charge in [-0.25, -0.2) is 4.98 Å². The van der Waals surface area contributed by atoms with Crippen molar-refractivity contribution in [1.29, 1.82) is 0 Å². The molecule has 0 fully saturated rings. The van der Waals surface area contributed by atoms with Gasteiger partial charge in [0.2, 0.25) is 0 Å². The van der Waals surface area contributed by atoms with Crippen molar-refractivity contribution in [2.75, 3.05) is 0 Å². The van der Waals surface area contributed by atoms with E-state index in [2.05, 4.69) is 4.98 Å². The Bertz CT molecular complexity index is 561. The smallest absolute Gasteiger partial charge is 0.416 e. The zero-order valence-electron chi connectivity index (χ0n) is 10.1. The Morgan fingerprint density at radius 3 is 2.58 bits per heavy atom. The topological polar surface area (TPSA) is 46.3 Å². The molecule has 0 saturated heterocycles. The van der Waals surface area contributed by atoms with Crippen molar-refractivity contribution in [3.8, 4) is 0 Å². The molecule has 0 aliphatic carbocycles. The van der Waals surface area contributed by atoms with Crippen LogP contribution in [0.3, 0.4) is 0 Å². The lowest BCUT2D eigenvalue weighted by molar-refractivity contribution is -0.138. The molecule has 1 aromatic heterocycles. The molecule has 19 heavy (non-hydrogen) atoms. The molecule has 102 valence electrons. The fraction of sp³-hybridized carbons (Fsp3) is 0.308. The van der Waals surface area contributed by atoms with Crippen LogP contribution in [0.5, 0.6) is 0 Å². The summed E-state index contributed by atoms with van der Waals surface area (Å²) in [5.41, 5.74) is -0.305. The summed E-state index contributed by atoms with van der Waals surface area (Å²) in [5, 5.41) is 9.28. The molecule has 0 saturated carbocycles. The summed E-state index contributed by atoms with van der Waals surface area (Å²) >= 11 is 0. The monoisotopic (exact) mass is 271 g/mol. The number of oxazole rings is 1. The highest BCUT2D eigenvalue weighted by Gasteiger charge is 2.33. The fourth-order valence-electron chi connectivity index (χ4n) is 1.71. The Labute approximate surface area is 107 Å². The standard InChI is InChI=1S/C13H12F3NO2/c1-8(18)11-7-19-12(17-11)6-9-4-2-3-5-10(9)13(14,15)16/h2-5,7-8,18H,6H2,1H3. The predicted octanol–water partition coefficient (Wildman–Crippen LogP) is 3.34. The summed E-state index contributed by atoms with van der Waals surface area (Å²) in [4.78, 5) is 3.94. The van der Waals surface area contributed by atoms with Gasteiger partial charge >= 0.3 is 6.18 Å². The van der Waals surface area contributed by atoms with Crippen molar-refractivity contribution in [3.05, 3.63) is 53.2 Å². The van der Waals surface area contributed by atoms with Crippen molar-refractivity contribution < 1.29 is 22.7 Å². The van der Waals surface area contributed by atoms with Gasteiger partial charge in [-0.05, 0) is 18.6 Å². The lowest BCUT2D eigenvalue weighted by Crippen LogP contribution is -2.09. The van der Waals surface area contributed by atoms with Gasteiger partial charge in [0.25, 0.3) is 0 Å². The molecule has 1 N–H and O–H groups in total. The van der Waals surface area contributed by atoms with Gasteiger partial charge in [0, 0.05) is 6.42 Å². The summed E-state index contributed by atoms with van der Waals surface area (Å²) in [7, 11) is 0. The van der Waals surface area contributed by atoms with Crippen LogP contribution < -0.4 is 0 Å². The van der Waals surface area contributed by atoms with Crippen molar-refractivity contribution in [2.45, 2.75) is 25.6 Å². The van der Waals surface area contributed by atoms with Crippen LogP contribution in [0.25, 0.3) is 0 Å². The Morgan fingerprint density at radius 2 is 2.00 bits per heavy atom. The van der Waals surface area contributed by atoms with Crippen LogP contribution in [0.4, 0.5) is 13.2 Å². The summed E-state index contributed by atoms with van der Waals surface area (Å²) in [6.45, 7) is 1.51. The minimum absolute atomic E-state index is 0.0671. The lowest BCUT2D eigenvalue weighted by atomic mass is 10.0. The number of aliphatic hydroxyl groups is 1. The first-order valence-corrected chi connectivity index (χ1v) is 5.65. The Kier molecular flexibility index (Phi) is 3.61. The number of alkyl halides is 3. The van der Waals surface area contributed by atoms with Crippen molar-refractivity contribution in [2.24, 2.45) is 0 Å². The molecule has 1 heterocycles. The molecule has 0 aliphatic rings. The molecular formula is C13H12F3NO2. The van der Waals surface area contributed by atoms with Crippen molar-refractivity contribution in [1.82, 2.24) is 4.98 Å². The minimum atomic E-state index is -4.41. The van der Waals surface area contributed by atoms with E-state index in [9.17, 15) is 18.3 Å². The number of rotatable bonds is 3. The second-order valence-electron chi connectivity index (χ2n) is 4.17. The van der Waals surface area contributed by atoms with E-state index in [0.29, 0.717) is 5.69 Å². The van der Waals surface area contributed by atoms with Crippen LogP contribution in [-0.2, 0) is 12.6 Å². The van der Waals surface area contributed by atoms with Crippen LogP contribution in [-0.4, -0.2) is 10.1 Å². The van der Waals surface area contributed by atoms with Gasteiger partial charge in [-0.2, -0.15) is 13.2 Å². The number of aliphatic hydroxyl groups excluding tert-OH is 1. The predicted molar refractivity (Wildman–Crippen MR) is 61.4 cm³/mol. The van der Waals surface area contributed by atoms with E-state index in [1.54, 1.807) is 0 Å². The van der Waals surface area contributed by atoms with E-state index in [4.69, 9.17) is 4.42 Å². The van der Waals surface area contributed by atoms with E-state index in [-0.39, 0.29) is 17.9 Å². The van der Waals surface area contributed by atoms with E-state index in [0.717, 1.165) is 6.07 Å². The number of benzene rings is 1. The third-order valence-electron chi connectivity index (χ3n) is 2.66. The number of halogens is 3. The molecule has 0 spiro atoms. The highest BCUT2D eigenvalue weighted by Crippen LogP contribution is 2.32. The van der Waals surface area contributed by atoms with Gasteiger partial charge in [0.05, 0.1) is 11.7 Å². The highest BCUT2D eigenvalue weighted by molar-refractivity contribution is 5.31. The second-order valence-corrected chi connectivity index (χ2v) is 4.17. The van der Waals surface area contributed by atoms with E-state index < -0.39 is 17.8 Å². The first kappa shape index (κ1) is 13.6. The number of aromatic nitrogens is 1. The molecule has 0 bridgehead atoms. The molecule has 1 atom stereocenters. The fourth-order valence-corrected chi connectivity index (χ4v) is 1.71. The highest BCUT2D eigenvalue weighted by atomic mass is 19.4. The summed E-state index contributed by atoms with van der Waals surface area (Å²) in [6, 6.07) is 5.27. The van der Waals surface area contributed by atoms with E-state index >= 15 is 0 Å². The number of hydrogen-bond donors (Lipinski definition) is 1. The molecule has 6 heteroatoms. The van der Waals surface area contributed by atoms with Crippen LogP contribution in [0.1, 0.15) is 35.7 Å². The van der Waals surface area contributed by atoms with Gasteiger partial charge < -0.3 is 9.52 Å². The Morgan fingerprint density at radius 1 is 1.32 bits per heavy atom. The Hall–Kier alpha value is -1.82. The van der Waals surface area contributed by atoms with Crippen molar-refractivity contribution in [3.63, 3.8) is 0 Å². The number of hydrogen-bond acceptors (Lipinski definition) is 3. The third-order valence-corrected chi connectivity index (χ3v) is 2.66. The molecule has 0 radical (unpaired) electrons. The minimum Gasteiger partial charge on any atom is -0.448 e. The molecule has 1 unspecified atom stereocenters. The third kappa shape index (κ3) is 3.14. The molecule has 0 amide bonds. The zero-order valence-corrected chi connectivity index (χ0v) is 10.1. The van der Waals surface area contributed by atoms with Gasteiger partial charge in [0.15, 0.2) is 5.89 Å². The summed E-state index contributed by atoms with van der Waals surface area (Å²) in [5.74, 6) is 0.146. The van der Waals surface area contributed by atoms with Gasteiger partial charge in [-0.1, -0.05) is 18.2 Å². The van der Waals surface area contributed by atoms with Gasteiger partial charge in [-0.15, -0.1) is 0 Å². The molecule has 1 aromatic carbocycles. The van der Waals surface area contributed by atoms with Crippen LogP contribution in [0, 0.1) is 0 Å². The number of nitrogens with zero attached hydrogens (tertiary/aromatic N) is 1. The maximum absolute atomic E-state index is 12.8. The van der Waals surface area contributed by atoms with E-state index in [1.165, 1.54) is 31.4 Å². The normalized spacial score (nSPS) is 13.5. The first-order chi connectivity index (χ1) is 8.88. The SMILES string of the molecule is CC(O)c1coc(Cc2ccccc2C(F)(F)F)n1. The first-order valence-electron chi connectivity index (χ1n) is 5.65. The zero-order chi connectivity index (χ0) is 14.0. The molecular weight excluding hydrogens is 259 g/mol. The molecule has 2 aromatic rings. The summed E-state index contributed by atoms with van der Waals surface area (Å²) in [6.07, 6.45) is -4.04. The average molecular weight is 271 g/mol. The summed E-state index contributed by atoms with van der Waals surface area (Å²) < 4.78 is 43.4. The van der Waals surface area contributed by atoms with Gasteiger partial charge in [0.1, 0.15) is 12.0 Å². The molecule has 0 aliphatic heterocycles. The quantitative estimate of drug-likeness (QED) is 0.931. The van der Waals surface area contributed by atoms with Gasteiger partial charge in [-0.3, -0.25) is 0 Å². The van der Waals surface area contributed by atoms with Crippen LogP contribution in [0.2, 0.25) is 0 Å². The van der Waals surface area contributed by atoms with Crippen LogP contribution in [0.15, 0.2) is 34.9 Å². The second kappa shape index (κ2) is 5.05. The lowest BCUT2D eigenvalue weighted by Gasteiger charge is -2.11. The molecule has 3 nitrogen and oxygen atoms in total. The average Bonchev–Trinajstić information content (AvgIpc) is 2.77. The maximum atomic E-state index is 12.8. The van der Waals surface area contributed by atoms with Crippen LogP contribution >= 0.6 is 0 Å². The molecule has 2 rings (SSSR count). The van der Waals surface area contributed by atoms with Crippen molar-refractivity contribution >= 4 is 0 Å².